The summed E-state index contributed by atoms with van der Waals surface area (Å²) < 4.78 is 37.1. The van der Waals surface area contributed by atoms with Crippen LogP contribution in [0, 0.1) is 0 Å². The first kappa shape index (κ1) is 14.6. The van der Waals surface area contributed by atoms with Gasteiger partial charge in [-0.2, -0.15) is 13.2 Å². The van der Waals surface area contributed by atoms with Crippen molar-refractivity contribution in [3.8, 4) is 0 Å². The minimum Gasteiger partial charge on any atom is -0.350 e. The standard InChI is InChI=1S/C12H14F3N3O2/c13-12(14,15)9-4-3-8(11(20)18-9)10(19)17-6-7-2-1-5-16-7/h3-4,7,16H,1-2,5-6H2,(H,17,19)(H,18,20). The predicted molar refractivity (Wildman–Crippen MR) is 65.4 cm³/mol. The summed E-state index contributed by atoms with van der Waals surface area (Å²) in [5, 5.41) is 5.69. The minimum atomic E-state index is -4.64. The molecule has 1 aliphatic rings. The van der Waals surface area contributed by atoms with E-state index >= 15 is 0 Å². The van der Waals surface area contributed by atoms with Crippen molar-refractivity contribution < 1.29 is 18.0 Å². The SMILES string of the molecule is O=C(NCC1CCCN1)c1ccc(C(F)(F)F)[nH]c1=O. The number of H-pyrrole nitrogens is 1. The molecule has 0 spiro atoms. The number of amides is 1. The maximum absolute atomic E-state index is 12.4. The Morgan fingerprint density at radius 2 is 2.15 bits per heavy atom. The molecule has 0 saturated carbocycles. The predicted octanol–water partition coefficient (Wildman–Crippen LogP) is 0.875. The van der Waals surface area contributed by atoms with Gasteiger partial charge < -0.3 is 15.6 Å². The molecule has 1 aromatic heterocycles. The lowest BCUT2D eigenvalue weighted by molar-refractivity contribution is -0.141. The van der Waals surface area contributed by atoms with Gasteiger partial charge in [0.1, 0.15) is 11.3 Å². The number of carbonyl (C=O) groups is 1. The van der Waals surface area contributed by atoms with Crippen LogP contribution in [-0.4, -0.2) is 30.0 Å². The number of alkyl halides is 3. The maximum Gasteiger partial charge on any atom is 0.431 e. The molecule has 0 aromatic carbocycles. The zero-order valence-corrected chi connectivity index (χ0v) is 10.5. The van der Waals surface area contributed by atoms with Crippen molar-refractivity contribution in [3.63, 3.8) is 0 Å². The molecule has 20 heavy (non-hydrogen) atoms. The Morgan fingerprint density at radius 3 is 2.70 bits per heavy atom. The molecular weight excluding hydrogens is 275 g/mol. The fraction of sp³-hybridized carbons (Fsp3) is 0.500. The number of nitrogens with one attached hydrogen (secondary N) is 3. The molecule has 1 amide bonds. The second-order valence-electron chi connectivity index (χ2n) is 4.62. The third-order valence-electron chi connectivity index (χ3n) is 3.13. The molecule has 1 aliphatic heterocycles. The van der Waals surface area contributed by atoms with Crippen molar-refractivity contribution in [1.82, 2.24) is 15.6 Å². The average Bonchev–Trinajstić information content (AvgIpc) is 2.87. The molecule has 110 valence electrons. The van der Waals surface area contributed by atoms with Crippen molar-refractivity contribution in [2.75, 3.05) is 13.1 Å². The molecule has 1 saturated heterocycles. The van der Waals surface area contributed by atoms with Crippen LogP contribution in [-0.2, 0) is 6.18 Å². The van der Waals surface area contributed by atoms with Gasteiger partial charge in [0.15, 0.2) is 0 Å². The fourth-order valence-electron chi connectivity index (χ4n) is 2.06. The number of aromatic nitrogens is 1. The summed E-state index contributed by atoms with van der Waals surface area (Å²) in [6, 6.07) is 1.72. The van der Waals surface area contributed by atoms with Gasteiger partial charge in [0.05, 0.1) is 0 Å². The smallest absolute Gasteiger partial charge is 0.350 e. The summed E-state index contributed by atoms with van der Waals surface area (Å²) in [5.41, 5.74) is -2.54. The van der Waals surface area contributed by atoms with Crippen LogP contribution in [0.2, 0.25) is 0 Å². The van der Waals surface area contributed by atoms with E-state index in [-0.39, 0.29) is 11.6 Å². The first-order valence-electron chi connectivity index (χ1n) is 6.20. The molecule has 1 aromatic rings. The molecule has 1 atom stereocenters. The average molecular weight is 289 g/mol. The van der Waals surface area contributed by atoms with Gasteiger partial charge in [0, 0.05) is 12.6 Å². The second-order valence-corrected chi connectivity index (χ2v) is 4.62. The first-order valence-corrected chi connectivity index (χ1v) is 6.20. The normalized spacial score (nSPS) is 19.1. The highest BCUT2D eigenvalue weighted by Crippen LogP contribution is 2.26. The first-order chi connectivity index (χ1) is 9.38. The molecule has 2 rings (SSSR count). The van der Waals surface area contributed by atoms with Crippen molar-refractivity contribution in [2.24, 2.45) is 0 Å². The number of aromatic amines is 1. The van der Waals surface area contributed by atoms with Gasteiger partial charge in [0.25, 0.3) is 11.5 Å². The Kier molecular flexibility index (Phi) is 4.12. The number of hydrogen-bond acceptors (Lipinski definition) is 3. The molecule has 2 heterocycles. The summed E-state index contributed by atoms with van der Waals surface area (Å²) in [5.74, 6) is -0.673. The van der Waals surface area contributed by atoms with Crippen LogP contribution in [0.25, 0.3) is 0 Å². The molecule has 0 radical (unpaired) electrons. The Morgan fingerprint density at radius 1 is 1.40 bits per heavy atom. The summed E-state index contributed by atoms with van der Waals surface area (Å²) in [4.78, 5) is 24.9. The molecule has 1 unspecified atom stereocenters. The monoisotopic (exact) mass is 289 g/mol. The van der Waals surface area contributed by atoms with E-state index in [4.69, 9.17) is 0 Å². The number of carbonyl (C=O) groups excluding carboxylic acids is 1. The lowest BCUT2D eigenvalue weighted by atomic mass is 10.2. The van der Waals surface area contributed by atoms with Crippen LogP contribution in [0.4, 0.5) is 13.2 Å². The van der Waals surface area contributed by atoms with Gasteiger partial charge in [0.2, 0.25) is 0 Å². The third kappa shape index (κ3) is 3.38. The highest BCUT2D eigenvalue weighted by Gasteiger charge is 2.32. The zero-order valence-electron chi connectivity index (χ0n) is 10.5. The molecule has 8 heteroatoms. The Balaban J connectivity index is 2.04. The lowest BCUT2D eigenvalue weighted by Gasteiger charge is -2.11. The highest BCUT2D eigenvalue weighted by atomic mass is 19.4. The van der Waals surface area contributed by atoms with Crippen LogP contribution >= 0.6 is 0 Å². The molecule has 1 fully saturated rings. The number of halogens is 3. The van der Waals surface area contributed by atoms with Gasteiger partial charge in [-0.3, -0.25) is 9.59 Å². The topological polar surface area (TPSA) is 74.0 Å². The van der Waals surface area contributed by atoms with Crippen LogP contribution in [0.1, 0.15) is 28.9 Å². The van der Waals surface area contributed by atoms with E-state index in [1.807, 2.05) is 0 Å². The number of hydrogen-bond donors (Lipinski definition) is 3. The van der Waals surface area contributed by atoms with Gasteiger partial charge in [-0.15, -0.1) is 0 Å². The Bertz CT molecular complexity index is 548. The molecular formula is C12H14F3N3O2. The Labute approximate surface area is 112 Å². The van der Waals surface area contributed by atoms with E-state index in [1.165, 1.54) is 0 Å². The van der Waals surface area contributed by atoms with E-state index in [0.29, 0.717) is 12.6 Å². The fourth-order valence-corrected chi connectivity index (χ4v) is 2.06. The van der Waals surface area contributed by atoms with E-state index in [1.54, 1.807) is 4.98 Å². The van der Waals surface area contributed by atoms with Crippen molar-refractivity contribution in [3.05, 3.63) is 33.7 Å². The van der Waals surface area contributed by atoms with Gasteiger partial charge in [-0.25, -0.2) is 0 Å². The number of rotatable bonds is 3. The van der Waals surface area contributed by atoms with E-state index in [0.717, 1.165) is 25.5 Å². The molecule has 0 bridgehead atoms. The highest BCUT2D eigenvalue weighted by molar-refractivity contribution is 5.93. The van der Waals surface area contributed by atoms with E-state index < -0.39 is 23.3 Å². The quantitative estimate of drug-likeness (QED) is 0.773. The van der Waals surface area contributed by atoms with Crippen LogP contribution in [0.5, 0.6) is 0 Å². The molecule has 0 aliphatic carbocycles. The van der Waals surface area contributed by atoms with Crippen LogP contribution < -0.4 is 16.2 Å². The minimum absolute atomic E-state index is 0.146. The zero-order chi connectivity index (χ0) is 14.8. The van der Waals surface area contributed by atoms with Gasteiger partial charge >= 0.3 is 6.18 Å². The van der Waals surface area contributed by atoms with E-state index in [9.17, 15) is 22.8 Å². The third-order valence-corrected chi connectivity index (χ3v) is 3.13. The molecule has 3 N–H and O–H groups in total. The van der Waals surface area contributed by atoms with Crippen molar-refractivity contribution >= 4 is 5.91 Å². The van der Waals surface area contributed by atoms with Crippen LogP contribution in [0.3, 0.4) is 0 Å². The van der Waals surface area contributed by atoms with Crippen molar-refractivity contribution in [1.29, 1.82) is 0 Å². The van der Waals surface area contributed by atoms with Gasteiger partial charge in [-0.05, 0) is 31.5 Å². The van der Waals surface area contributed by atoms with Crippen LogP contribution in [0.15, 0.2) is 16.9 Å². The molecule has 5 nitrogen and oxygen atoms in total. The van der Waals surface area contributed by atoms with E-state index in [2.05, 4.69) is 10.6 Å². The van der Waals surface area contributed by atoms with Gasteiger partial charge in [-0.1, -0.05) is 0 Å². The van der Waals surface area contributed by atoms with Crippen molar-refractivity contribution in [2.45, 2.75) is 25.1 Å². The largest absolute Gasteiger partial charge is 0.431 e. The summed E-state index contributed by atoms with van der Waals surface area (Å²) in [7, 11) is 0. The summed E-state index contributed by atoms with van der Waals surface area (Å²) in [6.07, 6.45) is -2.70. The Hall–Kier alpha value is -1.83. The maximum atomic E-state index is 12.4. The number of pyridine rings is 1. The summed E-state index contributed by atoms with van der Waals surface area (Å²) >= 11 is 0. The summed E-state index contributed by atoms with van der Waals surface area (Å²) in [6.45, 7) is 1.22. The lowest BCUT2D eigenvalue weighted by Crippen LogP contribution is -2.39. The second kappa shape index (κ2) is 5.66.